The van der Waals surface area contributed by atoms with Crippen LogP contribution in [0.25, 0.3) is 0 Å². The molecule has 0 aliphatic carbocycles. The first kappa shape index (κ1) is 29.9. The lowest BCUT2D eigenvalue weighted by molar-refractivity contribution is -0.140. The summed E-state index contributed by atoms with van der Waals surface area (Å²) in [5.74, 6) is -0.703. The van der Waals surface area contributed by atoms with Gasteiger partial charge in [-0.15, -0.1) is 0 Å². The lowest BCUT2D eigenvalue weighted by Crippen LogP contribution is -2.53. The third kappa shape index (κ3) is 7.47. The van der Waals surface area contributed by atoms with Crippen LogP contribution in [0.5, 0.6) is 0 Å². The number of para-hydroxylation sites is 1. The fraction of sp³-hybridized carbons (Fsp3) is 0.355. The number of carbonyl (C=O) groups is 2. The molecule has 208 valence electrons. The molecule has 0 spiro atoms. The van der Waals surface area contributed by atoms with Crippen LogP contribution in [0.4, 0.5) is 5.69 Å². The van der Waals surface area contributed by atoms with Gasteiger partial charge in [0, 0.05) is 12.6 Å². The average molecular weight is 550 g/mol. The largest absolute Gasteiger partial charge is 0.352 e. The van der Waals surface area contributed by atoms with Crippen molar-refractivity contribution in [1.82, 2.24) is 10.2 Å². The van der Waals surface area contributed by atoms with Crippen LogP contribution >= 0.6 is 0 Å². The standard InChI is InChI=1S/C31H39N3O4S/c1-6-25(5)32-31(36)29(7-2)33(21-26-14-12-11-13-24(26)4)30(35)22-34(27-15-9-8-10-16-27)39(37,38)28-19-17-23(3)18-20-28/h8-20,25,29H,6-7,21-22H2,1-5H3,(H,32,36). The van der Waals surface area contributed by atoms with Crippen molar-refractivity contribution in [3.8, 4) is 0 Å². The molecule has 0 aliphatic heterocycles. The van der Waals surface area contributed by atoms with E-state index in [-0.39, 0.29) is 23.4 Å². The van der Waals surface area contributed by atoms with E-state index in [4.69, 9.17) is 0 Å². The predicted octanol–water partition coefficient (Wildman–Crippen LogP) is 5.22. The minimum atomic E-state index is -4.07. The Morgan fingerprint density at radius 2 is 1.46 bits per heavy atom. The summed E-state index contributed by atoms with van der Waals surface area (Å²) in [5.41, 5.74) is 3.19. The summed E-state index contributed by atoms with van der Waals surface area (Å²) in [7, 11) is -4.07. The number of amides is 2. The highest BCUT2D eigenvalue weighted by Crippen LogP contribution is 2.25. The Labute approximate surface area is 232 Å². The lowest BCUT2D eigenvalue weighted by atomic mass is 10.1. The van der Waals surface area contributed by atoms with Gasteiger partial charge in [0.25, 0.3) is 10.0 Å². The summed E-state index contributed by atoms with van der Waals surface area (Å²) in [6.07, 6.45) is 1.14. The maximum Gasteiger partial charge on any atom is 0.264 e. The van der Waals surface area contributed by atoms with E-state index in [9.17, 15) is 18.0 Å². The van der Waals surface area contributed by atoms with Crippen LogP contribution < -0.4 is 9.62 Å². The molecular formula is C31H39N3O4S. The second-order valence-corrected chi connectivity index (χ2v) is 11.7. The summed E-state index contributed by atoms with van der Waals surface area (Å²) in [6, 6.07) is 22.0. The molecule has 0 aromatic heterocycles. The van der Waals surface area contributed by atoms with Crippen LogP contribution in [-0.4, -0.2) is 43.8 Å². The molecule has 39 heavy (non-hydrogen) atoms. The first-order chi connectivity index (χ1) is 18.6. The Morgan fingerprint density at radius 1 is 0.846 bits per heavy atom. The number of nitrogens with zero attached hydrogens (tertiary/aromatic N) is 2. The molecule has 3 aromatic carbocycles. The Morgan fingerprint density at radius 3 is 2.05 bits per heavy atom. The molecular weight excluding hydrogens is 510 g/mol. The number of sulfonamides is 1. The maximum atomic E-state index is 14.1. The molecule has 8 heteroatoms. The molecule has 7 nitrogen and oxygen atoms in total. The van der Waals surface area contributed by atoms with E-state index in [0.29, 0.717) is 12.1 Å². The molecule has 2 amide bonds. The van der Waals surface area contributed by atoms with Crippen molar-refractivity contribution in [1.29, 1.82) is 0 Å². The van der Waals surface area contributed by atoms with E-state index in [0.717, 1.165) is 27.4 Å². The normalized spacial score (nSPS) is 12.8. The number of rotatable bonds is 12. The summed E-state index contributed by atoms with van der Waals surface area (Å²) >= 11 is 0. The Kier molecular flexibility index (Phi) is 10.3. The smallest absolute Gasteiger partial charge is 0.264 e. The monoisotopic (exact) mass is 549 g/mol. The highest BCUT2D eigenvalue weighted by atomic mass is 32.2. The van der Waals surface area contributed by atoms with Gasteiger partial charge in [0.05, 0.1) is 10.6 Å². The van der Waals surface area contributed by atoms with Gasteiger partial charge in [-0.3, -0.25) is 13.9 Å². The van der Waals surface area contributed by atoms with Crippen LogP contribution in [0.15, 0.2) is 83.8 Å². The summed E-state index contributed by atoms with van der Waals surface area (Å²) in [6.45, 7) is 9.34. The molecule has 0 fully saturated rings. The van der Waals surface area contributed by atoms with Crippen LogP contribution in [-0.2, 0) is 26.2 Å². The number of aryl methyl sites for hydroxylation is 2. The number of hydrogen-bond acceptors (Lipinski definition) is 4. The fourth-order valence-corrected chi connectivity index (χ4v) is 5.71. The molecule has 3 rings (SSSR count). The van der Waals surface area contributed by atoms with Gasteiger partial charge in [0.15, 0.2) is 0 Å². The zero-order chi connectivity index (χ0) is 28.6. The molecule has 1 N–H and O–H groups in total. The van der Waals surface area contributed by atoms with E-state index in [1.165, 1.54) is 4.90 Å². The van der Waals surface area contributed by atoms with Gasteiger partial charge in [-0.05, 0) is 69.0 Å². The minimum Gasteiger partial charge on any atom is -0.352 e. The Hall–Kier alpha value is -3.65. The number of carbonyl (C=O) groups excluding carboxylic acids is 2. The van der Waals surface area contributed by atoms with Gasteiger partial charge in [-0.25, -0.2) is 8.42 Å². The number of benzene rings is 3. The van der Waals surface area contributed by atoms with Crippen molar-refractivity contribution in [3.05, 3.63) is 95.6 Å². The quantitative estimate of drug-likeness (QED) is 0.336. The Bertz CT molecular complexity index is 1360. The third-order valence-electron chi connectivity index (χ3n) is 6.92. The number of hydrogen-bond donors (Lipinski definition) is 1. The van der Waals surface area contributed by atoms with E-state index in [1.54, 1.807) is 54.6 Å². The zero-order valence-corrected chi connectivity index (χ0v) is 24.2. The van der Waals surface area contributed by atoms with E-state index in [1.807, 2.05) is 58.9 Å². The maximum absolute atomic E-state index is 14.1. The van der Waals surface area contributed by atoms with Crippen LogP contribution in [0.1, 0.15) is 50.3 Å². The van der Waals surface area contributed by atoms with Crippen molar-refractivity contribution in [2.75, 3.05) is 10.8 Å². The predicted molar refractivity (Wildman–Crippen MR) is 156 cm³/mol. The lowest BCUT2D eigenvalue weighted by Gasteiger charge is -2.34. The summed E-state index contributed by atoms with van der Waals surface area (Å²) in [4.78, 5) is 29.0. The van der Waals surface area contributed by atoms with Gasteiger partial charge in [-0.2, -0.15) is 0 Å². The molecule has 0 saturated carbocycles. The molecule has 0 saturated heterocycles. The van der Waals surface area contributed by atoms with Gasteiger partial charge in [0.2, 0.25) is 11.8 Å². The van der Waals surface area contributed by atoms with Crippen LogP contribution in [0.3, 0.4) is 0 Å². The van der Waals surface area contributed by atoms with Gasteiger partial charge in [-0.1, -0.05) is 74.0 Å². The van der Waals surface area contributed by atoms with Crippen molar-refractivity contribution in [3.63, 3.8) is 0 Å². The molecule has 0 aliphatic rings. The van der Waals surface area contributed by atoms with Gasteiger partial charge >= 0.3 is 0 Å². The number of anilines is 1. The molecule has 0 heterocycles. The molecule has 0 radical (unpaired) electrons. The highest BCUT2D eigenvalue weighted by Gasteiger charge is 2.34. The zero-order valence-electron chi connectivity index (χ0n) is 23.4. The summed E-state index contributed by atoms with van der Waals surface area (Å²) in [5, 5.41) is 3.00. The summed E-state index contributed by atoms with van der Waals surface area (Å²) < 4.78 is 28.8. The average Bonchev–Trinajstić information content (AvgIpc) is 2.93. The van der Waals surface area contributed by atoms with Crippen molar-refractivity contribution < 1.29 is 18.0 Å². The second-order valence-electron chi connectivity index (χ2n) is 9.85. The van der Waals surface area contributed by atoms with E-state index < -0.39 is 28.5 Å². The third-order valence-corrected chi connectivity index (χ3v) is 8.71. The van der Waals surface area contributed by atoms with Crippen molar-refractivity contribution in [2.45, 2.75) is 71.0 Å². The molecule has 2 unspecified atom stereocenters. The first-order valence-electron chi connectivity index (χ1n) is 13.4. The second kappa shape index (κ2) is 13.4. The van der Waals surface area contributed by atoms with Crippen LogP contribution in [0.2, 0.25) is 0 Å². The highest BCUT2D eigenvalue weighted by molar-refractivity contribution is 7.92. The van der Waals surface area contributed by atoms with Crippen molar-refractivity contribution >= 4 is 27.5 Å². The first-order valence-corrected chi connectivity index (χ1v) is 14.8. The minimum absolute atomic E-state index is 0.0512. The van der Waals surface area contributed by atoms with Gasteiger partial charge in [0.1, 0.15) is 12.6 Å². The molecule has 2 atom stereocenters. The molecule has 0 bridgehead atoms. The number of nitrogens with one attached hydrogen (secondary N) is 1. The Balaban J connectivity index is 2.04. The fourth-order valence-electron chi connectivity index (χ4n) is 4.29. The topological polar surface area (TPSA) is 86.8 Å². The van der Waals surface area contributed by atoms with Crippen LogP contribution in [0, 0.1) is 13.8 Å². The van der Waals surface area contributed by atoms with E-state index in [2.05, 4.69) is 5.32 Å². The molecule has 3 aromatic rings. The van der Waals surface area contributed by atoms with E-state index >= 15 is 0 Å². The SMILES string of the molecule is CCC(C)NC(=O)C(CC)N(Cc1ccccc1C)C(=O)CN(c1ccccc1)S(=O)(=O)c1ccc(C)cc1. The van der Waals surface area contributed by atoms with Gasteiger partial charge < -0.3 is 10.2 Å². The van der Waals surface area contributed by atoms with Crippen molar-refractivity contribution in [2.24, 2.45) is 0 Å².